The van der Waals surface area contributed by atoms with Crippen LogP contribution in [0.25, 0.3) is 0 Å². The zero-order chi connectivity index (χ0) is 18.3. The molecule has 0 heterocycles. The molecule has 1 rings (SSSR count). The van der Waals surface area contributed by atoms with Gasteiger partial charge in [0.25, 0.3) is 0 Å². The van der Waals surface area contributed by atoms with Gasteiger partial charge in [-0.2, -0.15) is 0 Å². The molecule has 142 valence electrons. The standard InChI is InChI=1S/C22H36O3/c1-4-7-10-13-24-14-15-25-22(23)21-17-19(11-8-5-2)16-20(18-21)12-9-6-3/h16-18H,4-15H2,1-3H3. The average molecular weight is 349 g/mol. The molecule has 3 heteroatoms. The number of rotatable bonds is 14. The van der Waals surface area contributed by atoms with Crippen LogP contribution in [0.15, 0.2) is 18.2 Å². The molecule has 0 aliphatic carbocycles. The highest BCUT2D eigenvalue weighted by atomic mass is 16.6. The molecule has 0 N–H and O–H groups in total. The number of unbranched alkanes of at least 4 members (excludes halogenated alkanes) is 4. The Morgan fingerprint density at radius 3 is 1.92 bits per heavy atom. The highest BCUT2D eigenvalue weighted by Gasteiger charge is 2.10. The molecule has 0 atom stereocenters. The van der Waals surface area contributed by atoms with E-state index < -0.39 is 0 Å². The summed E-state index contributed by atoms with van der Waals surface area (Å²) in [6.07, 6.45) is 10.1. The smallest absolute Gasteiger partial charge is 0.338 e. The lowest BCUT2D eigenvalue weighted by molar-refractivity contribution is 0.0312. The van der Waals surface area contributed by atoms with Crippen LogP contribution in [0.4, 0.5) is 0 Å². The minimum atomic E-state index is -0.228. The Labute approximate surface area is 154 Å². The number of benzene rings is 1. The highest BCUT2D eigenvalue weighted by Crippen LogP contribution is 2.16. The van der Waals surface area contributed by atoms with Crippen LogP contribution < -0.4 is 0 Å². The van der Waals surface area contributed by atoms with Gasteiger partial charge in [0, 0.05) is 6.61 Å². The lowest BCUT2D eigenvalue weighted by Gasteiger charge is -2.10. The quantitative estimate of drug-likeness (QED) is 0.318. The molecule has 0 saturated carbocycles. The number of hydrogen-bond donors (Lipinski definition) is 0. The van der Waals surface area contributed by atoms with Gasteiger partial charge in [-0.05, 0) is 55.4 Å². The van der Waals surface area contributed by atoms with E-state index in [9.17, 15) is 4.79 Å². The van der Waals surface area contributed by atoms with Crippen LogP contribution in [-0.2, 0) is 22.3 Å². The first-order chi connectivity index (χ1) is 12.2. The Balaban J connectivity index is 2.53. The van der Waals surface area contributed by atoms with Crippen molar-refractivity contribution in [2.75, 3.05) is 19.8 Å². The first-order valence-electron chi connectivity index (χ1n) is 10.1. The van der Waals surface area contributed by atoms with Crippen LogP contribution in [0.2, 0.25) is 0 Å². The van der Waals surface area contributed by atoms with Gasteiger partial charge in [-0.25, -0.2) is 4.79 Å². The van der Waals surface area contributed by atoms with Crippen LogP contribution >= 0.6 is 0 Å². The van der Waals surface area contributed by atoms with Crippen LogP contribution in [0, 0.1) is 0 Å². The van der Waals surface area contributed by atoms with Gasteiger partial charge in [0.2, 0.25) is 0 Å². The predicted octanol–water partition coefficient (Wildman–Crippen LogP) is 5.74. The van der Waals surface area contributed by atoms with Crippen molar-refractivity contribution in [2.45, 2.75) is 78.6 Å². The van der Waals surface area contributed by atoms with Gasteiger partial charge >= 0.3 is 5.97 Å². The van der Waals surface area contributed by atoms with Crippen LogP contribution in [0.1, 0.15) is 87.2 Å². The van der Waals surface area contributed by atoms with E-state index in [4.69, 9.17) is 9.47 Å². The zero-order valence-electron chi connectivity index (χ0n) is 16.4. The van der Waals surface area contributed by atoms with E-state index in [0.717, 1.165) is 51.6 Å². The van der Waals surface area contributed by atoms with E-state index in [-0.39, 0.29) is 5.97 Å². The number of esters is 1. The minimum absolute atomic E-state index is 0.228. The van der Waals surface area contributed by atoms with Gasteiger partial charge in [0.05, 0.1) is 12.2 Å². The monoisotopic (exact) mass is 348 g/mol. The van der Waals surface area contributed by atoms with Gasteiger partial charge in [-0.15, -0.1) is 0 Å². The molecule has 0 unspecified atom stereocenters. The van der Waals surface area contributed by atoms with E-state index in [1.165, 1.54) is 24.0 Å². The molecule has 0 aliphatic rings. The van der Waals surface area contributed by atoms with Gasteiger partial charge in [0.1, 0.15) is 6.61 Å². The molecule has 0 bridgehead atoms. The molecule has 0 aromatic heterocycles. The molecular formula is C22H36O3. The summed E-state index contributed by atoms with van der Waals surface area (Å²) in [4.78, 5) is 12.4. The summed E-state index contributed by atoms with van der Waals surface area (Å²) in [5, 5.41) is 0. The topological polar surface area (TPSA) is 35.5 Å². The second kappa shape index (κ2) is 13.9. The largest absolute Gasteiger partial charge is 0.460 e. The maximum absolute atomic E-state index is 12.4. The second-order valence-corrected chi connectivity index (χ2v) is 6.70. The third-order valence-corrected chi connectivity index (χ3v) is 4.28. The highest BCUT2D eigenvalue weighted by molar-refractivity contribution is 5.89. The van der Waals surface area contributed by atoms with Crippen molar-refractivity contribution in [3.8, 4) is 0 Å². The Morgan fingerprint density at radius 1 is 0.760 bits per heavy atom. The second-order valence-electron chi connectivity index (χ2n) is 6.70. The lowest BCUT2D eigenvalue weighted by Crippen LogP contribution is -2.12. The fourth-order valence-corrected chi connectivity index (χ4v) is 2.76. The van der Waals surface area contributed by atoms with Crippen molar-refractivity contribution >= 4 is 5.97 Å². The van der Waals surface area contributed by atoms with Crippen LogP contribution in [0.3, 0.4) is 0 Å². The molecule has 0 fully saturated rings. The molecule has 1 aromatic rings. The number of carbonyl (C=O) groups excluding carboxylic acids is 1. The molecule has 0 radical (unpaired) electrons. The summed E-state index contributed by atoms with van der Waals surface area (Å²) >= 11 is 0. The van der Waals surface area contributed by atoms with E-state index in [2.05, 4.69) is 26.8 Å². The molecule has 0 spiro atoms. The summed E-state index contributed by atoms with van der Waals surface area (Å²) in [5.74, 6) is -0.228. The van der Waals surface area contributed by atoms with Crippen molar-refractivity contribution in [1.29, 1.82) is 0 Å². The SMILES string of the molecule is CCCCCOCCOC(=O)c1cc(CCCC)cc(CCCC)c1. The third kappa shape index (κ3) is 9.64. The first-order valence-corrected chi connectivity index (χ1v) is 10.1. The number of carbonyl (C=O) groups is 1. The zero-order valence-corrected chi connectivity index (χ0v) is 16.4. The molecule has 3 nitrogen and oxygen atoms in total. The van der Waals surface area contributed by atoms with Gasteiger partial charge < -0.3 is 9.47 Å². The molecule has 0 amide bonds. The summed E-state index contributed by atoms with van der Waals surface area (Å²) in [6.45, 7) is 8.11. The Morgan fingerprint density at radius 2 is 1.36 bits per heavy atom. The molecule has 0 saturated heterocycles. The van der Waals surface area contributed by atoms with Crippen molar-refractivity contribution in [1.82, 2.24) is 0 Å². The Bertz CT molecular complexity index is 456. The predicted molar refractivity (Wildman–Crippen MR) is 104 cm³/mol. The third-order valence-electron chi connectivity index (χ3n) is 4.28. The summed E-state index contributed by atoms with van der Waals surface area (Å²) in [6, 6.07) is 6.24. The van der Waals surface area contributed by atoms with E-state index >= 15 is 0 Å². The van der Waals surface area contributed by atoms with Gasteiger partial charge in [-0.3, -0.25) is 0 Å². The van der Waals surface area contributed by atoms with Crippen molar-refractivity contribution < 1.29 is 14.3 Å². The van der Waals surface area contributed by atoms with Crippen molar-refractivity contribution in [3.63, 3.8) is 0 Å². The minimum Gasteiger partial charge on any atom is -0.460 e. The Kier molecular flexibility index (Phi) is 12.0. The van der Waals surface area contributed by atoms with E-state index in [1.54, 1.807) is 0 Å². The number of hydrogen-bond acceptors (Lipinski definition) is 3. The fourth-order valence-electron chi connectivity index (χ4n) is 2.76. The molecule has 25 heavy (non-hydrogen) atoms. The normalized spacial score (nSPS) is 10.8. The number of ether oxygens (including phenoxy) is 2. The summed E-state index contributed by atoms with van der Waals surface area (Å²) < 4.78 is 10.9. The van der Waals surface area contributed by atoms with E-state index in [1.807, 2.05) is 12.1 Å². The van der Waals surface area contributed by atoms with Gasteiger partial charge in [0.15, 0.2) is 0 Å². The fraction of sp³-hybridized carbons (Fsp3) is 0.682. The van der Waals surface area contributed by atoms with Crippen LogP contribution in [-0.4, -0.2) is 25.8 Å². The van der Waals surface area contributed by atoms with Crippen molar-refractivity contribution in [2.24, 2.45) is 0 Å². The first kappa shape index (κ1) is 21.7. The summed E-state index contributed by atoms with van der Waals surface area (Å²) in [5.41, 5.74) is 3.18. The molecule has 1 aromatic carbocycles. The molecule has 0 aliphatic heterocycles. The van der Waals surface area contributed by atoms with Gasteiger partial charge in [-0.1, -0.05) is 52.5 Å². The summed E-state index contributed by atoms with van der Waals surface area (Å²) in [7, 11) is 0. The van der Waals surface area contributed by atoms with Crippen molar-refractivity contribution in [3.05, 3.63) is 34.9 Å². The Hall–Kier alpha value is -1.35. The van der Waals surface area contributed by atoms with E-state index in [0.29, 0.717) is 18.8 Å². The average Bonchev–Trinajstić information content (AvgIpc) is 2.63. The maximum Gasteiger partial charge on any atom is 0.338 e. The van der Waals surface area contributed by atoms with Crippen LogP contribution in [0.5, 0.6) is 0 Å². The lowest BCUT2D eigenvalue weighted by atomic mass is 9.99. The number of aryl methyl sites for hydroxylation is 2. The molecular weight excluding hydrogens is 312 g/mol. The maximum atomic E-state index is 12.4.